The Labute approximate surface area is 259 Å². The van der Waals surface area contributed by atoms with E-state index in [4.69, 9.17) is 9.97 Å². The number of benzene rings is 3. The lowest BCUT2D eigenvalue weighted by atomic mass is 9.96. The molecular weight excluding hydrogens is 546 g/mol. The van der Waals surface area contributed by atoms with Gasteiger partial charge in [0.15, 0.2) is 0 Å². The first-order valence-electron chi connectivity index (χ1n) is 15.1. The Hall–Kier alpha value is -4.82. The van der Waals surface area contributed by atoms with Gasteiger partial charge in [0, 0.05) is 42.0 Å². The van der Waals surface area contributed by atoms with Gasteiger partial charge in [-0.05, 0) is 118 Å². The first kappa shape index (κ1) is 29.3. The van der Waals surface area contributed by atoms with Crippen LogP contribution in [0.4, 0.5) is 23.1 Å². The second-order valence-electron chi connectivity index (χ2n) is 12.0. The maximum atomic E-state index is 12.9. The summed E-state index contributed by atoms with van der Waals surface area (Å²) in [5, 5.41) is 7.33. The molecular formula is C36H39N7O. The molecule has 0 bridgehead atoms. The third kappa shape index (κ3) is 6.40. The normalized spacial score (nSPS) is 13.8. The molecule has 0 aliphatic carbocycles. The molecule has 0 saturated carbocycles. The topological polar surface area (TPSA) is 86.3 Å². The van der Waals surface area contributed by atoms with E-state index in [9.17, 15) is 4.79 Å². The van der Waals surface area contributed by atoms with E-state index in [0.29, 0.717) is 17.6 Å². The van der Waals surface area contributed by atoms with E-state index < -0.39 is 0 Å². The SMILES string of the molecule is Cc1cccc(C(=O)Nc2ccc(C)c(-c3cc(C)c4nc(Nc5ccc(N6CCC(N(C)C)CC6)nc5)ncc4c3)c2)c1. The third-order valence-electron chi connectivity index (χ3n) is 8.48. The molecule has 0 atom stereocenters. The van der Waals surface area contributed by atoms with Crippen molar-refractivity contribution in [1.29, 1.82) is 0 Å². The summed E-state index contributed by atoms with van der Waals surface area (Å²) in [6.45, 7) is 8.16. The van der Waals surface area contributed by atoms with Crippen molar-refractivity contribution in [2.45, 2.75) is 39.7 Å². The van der Waals surface area contributed by atoms with Crippen molar-refractivity contribution >= 4 is 40.0 Å². The number of hydrogen-bond acceptors (Lipinski definition) is 7. The van der Waals surface area contributed by atoms with Crippen LogP contribution >= 0.6 is 0 Å². The monoisotopic (exact) mass is 585 g/mol. The fourth-order valence-electron chi connectivity index (χ4n) is 5.93. The molecule has 1 saturated heterocycles. The van der Waals surface area contributed by atoms with E-state index in [-0.39, 0.29) is 5.91 Å². The third-order valence-corrected chi connectivity index (χ3v) is 8.48. The van der Waals surface area contributed by atoms with E-state index in [1.165, 1.54) is 0 Å². The van der Waals surface area contributed by atoms with E-state index in [2.05, 4.69) is 71.6 Å². The van der Waals surface area contributed by atoms with Gasteiger partial charge >= 0.3 is 0 Å². The van der Waals surface area contributed by atoms with Gasteiger partial charge in [0.05, 0.1) is 17.4 Å². The van der Waals surface area contributed by atoms with Gasteiger partial charge in [0.25, 0.3) is 5.91 Å². The van der Waals surface area contributed by atoms with Crippen molar-refractivity contribution in [3.8, 4) is 11.1 Å². The fourth-order valence-corrected chi connectivity index (χ4v) is 5.93. The number of carbonyl (C=O) groups excluding carboxylic acids is 1. The smallest absolute Gasteiger partial charge is 0.255 e. The molecule has 0 radical (unpaired) electrons. The molecule has 1 aliphatic rings. The molecule has 2 aromatic heterocycles. The number of aryl methyl sites for hydroxylation is 3. The zero-order chi connectivity index (χ0) is 30.8. The van der Waals surface area contributed by atoms with Gasteiger partial charge in [0.1, 0.15) is 5.82 Å². The van der Waals surface area contributed by atoms with Crippen molar-refractivity contribution < 1.29 is 4.79 Å². The summed E-state index contributed by atoms with van der Waals surface area (Å²) in [6, 6.07) is 22.6. The zero-order valence-electron chi connectivity index (χ0n) is 26.1. The molecule has 8 heteroatoms. The maximum Gasteiger partial charge on any atom is 0.255 e. The van der Waals surface area contributed by atoms with Crippen molar-refractivity contribution in [3.63, 3.8) is 0 Å². The van der Waals surface area contributed by atoms with Crippen LogP contribution in [0, 0.1) is 20.8 Å². The van der Waals surface area contributed by atoms with E-state index >= 15 is 0 Å². The lowest BCUT2D eigenvalue weighted by molar-refractivity contribution is 0.102. The Morgan fingerprint density at radius 1 is 0.864 bits per heavy atom. The highest BCUT2D eigenvalue weighted by molar-refractivity contribution is 6.04. The number of rotatable bonds is 7. The van der Waals surface area contributed by atoms with E-state index in [1.54, 1.807) is 0 Å². The highest BCUT2D eigenvalue weighted by Crippen LogP contribution is 2.31. The predicted molar refractivity (Wildman–Crippen MR) is 180 cm³/mol. The van der Waals surface area contributed by atoms with Gasteiger partial charge in [-0.1, -0.05) is 23.8 Å². The summed E-state index contributed by atoms with van der Waals surface area (Å²) >= 11 is 0. The standard InChI is InChI=1S/C36H39N7O/c1-23-7-6-8-26(17-23)35(44)39-29-10-9-24(2)32(20-29)27-18-25(3)34-28(19-27)21-38-36(41-34)40-30-11-12-33(37-22-30)43-15-13-31(14-16-43)42(4)5/h6-12,17-22,31H,13-16H2,1-5H3,(H,39,44)(H,38,40,41). The van der Waals surface area contributed by atoms with Crippen molar-refractivity contribution in [2.24, 2.45) is 0 Å². The first-order valence-corrected chi connectivity index (χ1v) is 15.1. The number of nitrogens with zero attached hydrogens (tertiary/aromatic N) is 5. The second kappa shape index (κ2) is 12.4. The van der Waals surface area contributed by atoms with Gasteiger partial charge in [0.2, 0.25) is 5.95 Å². The van der Waals surface area contributed by atoms with Crippen LogP contribution < -0.4 is 15.5 Å². The predicted octanol–water partition coefficient (Wildman–Crippen LogP) is 7.14. The molecule has 224 valence electrons. The summed E-state index contributed by atoms with van der Waals surface area (Å²) in [4.78, 5) is 31.7. The minimum Gasteiger partial charge on any atom is -0.357 e. The van der Waals surface area contributed by atoms with Crippen LogP contribution in [0.2, 0.25) is 0 Å². The molecule has 2 N–H and O–H groups in total. The highest BCUT2D eigenvalue weighted by Gasteiger charge is 2.21. The number of amides is 1. The fraction of sp³-hybridized carbons (Fsp3) is 0.278. The van der Waals surface area contributed by atoms with Crippen LogP contribution in [0.3, 0.4) is 0 Å². The van der Waals surface area contributed by atoms with Crippen molar-refractivity contribution in [2.75, 3.05) is 42.7 Å². The van der Waals surface area contributed by atoms with Crippen LogP contribution in [-0.4, -0.2) is 59.0 Å². The molecule has 3 aromatic carbocycles. The lowest BCUT2D eigenvalue weighted by Crippen LogP contribution is -2.42. The molecule has 5 aromatic rings. The molecule has 1 amide bonds. The molecule has 8 nitrogen and oxygen atoms in total. The van der Waals surface area contributed by atoms with Gasteiger partial charge in [-0.3, -0.25) is 4.79 Å². The largest absolute Gasteiger partial charge is 0.357 e. The Morgan fingerprint density at radius 2 is 1.66 bits per heavy atom. The van der Waals surface area contributed by atoms with E-state index in [1.807, 2.05) is 67.8 Å². The molecule has 0 spiro atoms. The minimum absolute atomic E-state index is 0.124. The number of piperidine rings is 1. The average Bonchev–Trinajstić information content (AvgIpc) is 3.02. The van der Waals surface area contributed by atoms with Crippen LogP contribution in [0.1, 0.15) is 39.9 Å². The first-order chi connectivity index (χ1) is 21.2. The molecule has 0 unspecified atom stereocenters. The Morgan fingerprint density at radius 3 is 2.39 bits per heavy atom. The van der Waals surface area contributed by atoms with Crippen molar-refractivity contribution in [1.82, 2.24) is 19.9 Å². The quantitative estimate of drug-likeness (QED) is 0.210. The molecule has 1 fully saturated rings. The number of carbonyl (C=O) groups is 1. The summed E-state index contributed by atoms with van der Waals surface area (Å²) in [5.41, 5.74) is 8.46. The number of aromatic nitrogens is 3. The summed E-state index contributed by atoms with van der Waals surface area (Å²) in [6.07, 6.45) is 6.01. The second-order valence-corrected chi connectivity index (χ2v) is 12.0. The van der Waals surface area contributed by atoms with Crippen LogP contribution in [0.15, 0.2) is 79.1 Å². The van der Waals surface area contributed by atoms with Crippen LogP contribution in [-0.2, 0) is 0 Å². The molecule has 6 rings (SSSR count). The summed E-state index contributed by atoms with van der Waals surface area (Å²) in [7, 11) is 4.31. The van der Waals surface area contributed by atoms with Crippen LogP contribution in [0.25, 0.3) is 22.0 Å². The van der Waals surface area contributed by atoms with Crippen LogP contribution in [0.5, 0.6) is 0 Å². The Kier molecular flexibility index (Phi) is 8.26. The number of anilines is 4. The van der Waals surface area contributed by atoms with Crippen molar-refractivity contribution in [3.05, 3.63) is 101 Å². The van der Waals surface area contributed by atoms with Gasteiger partial charge in [-0.2, -0.15) is 0 Å². The molecule has 1 aliphatic heterocycles. The molecule has 44 heavy (non-hydrogen) atoms. The molecule has 3 heterocycles. The number of nitrogens with one attached hydrogen (secondary N) is 2. The lowest BCUT2D eigenvalue weighted by Gasteiger charge is -2.35. The summed E-state index contributed by atoms with van der Waals surface area (Å²) in [5.74, 6) is 1.41. The Bertz CT molecular complexity index is 1810. The maximum absolute atomic E-state index is 12.9. The van der Waals surface area contributed by atoms with Gasteiger partial charge in [-0.25, -0.2) is 15.0 Å². The Balaban J connectivity index is 1.18. The average molecular weight is 586 g/mol. The minimum atomic E-state index is -0.124. The number of fused-ring (bicyclic) bond motifs is 1. The number of pyridine rings is 1. The zero-order valence-corrected chi connectivity index (χ0v) is 26.1. The number of hydrogen-bond donors (Lipinski definition) is 2. The summed E-state index contributed by atoms with van der Waals surface area (Å²) < 4.78 is 0. The van der Waals surface area contributed by atoms with Gasteiger partial charge < -0.3 is 20.4 Å². The van der Waals surface area contributed by atoms with E-state index in [0.717, 1.165) is 81.8 Å². The highest BCUT2D eigenvalue weighted by atomic mass is 16.1. The van der Waals surface area contributed by atoms with Gasteiger partial charge in [-0.15, -0.1) is 0 Å².